The molecule has 5 nitrogen and oxygen atoms in total. The second-order valence-corrected chi connectivity index (χ2v) is 7.54. The first-order valence-corrected chi connectivity index (χ1v) is 10.0. The number of hydrogen-bond donors (Lipinski definition) is 1. The van der Waals surface area contributed by atoms with Crippen molar-refractivity contribution in [1.82, 2.24) is 20.1 Å². The molecule has 5 heteroatoms. The molecular formula is C24H22N4O. The summed E-state index contributed by atoms with van der Waals surface area (Å²) in [4.78, 5) is 20.4. The zero-order valence-electron chi connectivity index (χ0n) is 16.1. The molecule has 0 bridgehead atoms. The first-order chi connectivity index (χ1) is 14.3. The molecule has 1 unspecified atom stereocenters. The molecule has 1 aliphatic rings. The monoisotopic (exact) mass is 382 g/mol. The third-order valence-electron chi connectivity index (χ3n) is 5.69. The summed E-state index contributed by atoms with van der Waals surface area (Å²) in [6, 6.07) is 21.9. The summed E-state index contributed by atoms with van der Waals surface area (Å²) in [7, 11) is 0. The number of hydrogen-bond acceptors (Lipinski definition) is 3. The molecule has 2 aromatic heterocycles. The Bertz CT molecular complexity index is 1140. The fraction of sp³-hybridized carbons (Fsp3) is 0.208. The Morgan fingerprint density at radius 2 is 1.86 bits per heavy atom. The number of amides is 1. The molecule has 5 rings (SSSR count). The highest BCUT2D eigenvalue weighted by Crippen LogP contribution is 2.29. The predicted octanol–water partition coefficient (Wildman–Crippen LogP) is 4.64. The van der Waals surface area contributed by atoms with E-state index < -0.39 is 0 Å². The van der Waals surface area contributed by atoms with Gasteiger partial charge in [0.2, 0.25) is 0 Å². The summed E-state index contributed by atoms with van der Waals surface area (Å²) in [5.41, 5.74) is 4.52. The lowest BCUT2D eigenvalue weighted by Gasteiger charge is -2.32. The van der Waals surface area contributed by atoms with E-state index in [1.165, 1.54) is 0 Å². The highest BCUT2D eigenvalue weighted by Gasteiger charge is 2.27. The van der Waals surface area contributed by atoms with E-state index in [0.717, 1.165) is 52.8 Å². The van der Waals surface area contributed by atoms with Crippen LogP contribution in [0.4, 0.5) is 0 Å². The van der Waals surface area contributed by atoms with Crippen LogP contribution in [0.25, 0.3) is 22.2 Å². The Labute approximate surface area is 169 Å². The van der Waals surface area contributed by atoms with Gasteiger partial charge in [0.05, 0.1) is 16.8 Å². The van der Waals surface area contributed by atoms with Gasteiger partial charge < -0.3 is 4.90 Å². The van der Waals surface area contributed by atoms with Crippen molar-refractivity contribution in [2.75, 3.05) is 13.1 Å². The first-order valence-electron chi connectivity index (χ1n) is 10.0. The summed E-state index contributed by atoms with van der Waals surface area (Å²) in [5.74, 6) is 0.377. The van der Waals surface area contributed by atoms with Gasteiger partial charge in [-0.2, -0.15) is 5.10 Å². The van der Waals surface area contributed by atoms with Gasteiger partial charge in [-0.15, -0.1) is 0 Å². The number of nitrogens with one attached hydrogen (secondary N) is 1. The van der Waals surface area contributed by atoms with E-state index in [-0.39, 0.29) is 5.91 Å². The van der Waals surface area contributed by atoms with Gasteiger partial charge in [-0.1, -0.05) is 48.5 Å². The zero-order chi connectivity index (χ0) is 19.6. The molecule has 4 aromatic rings. The zero-order valence-corrected chi connectivity index (χ0v) is 16.1. The topological polar surface area (TPSA) is 61.9 Å². The van der Waals surface area contributed by atoms with E-state index >= 15 is 0 Å². The first kappa shape index (κ1) is 17.6. The van der Waals surface area contributed by atoms with Crippen LogP contribution < -0.4 is 0 Å². The number of aromatic amines is 1. The summed E-state index contributed by atoms with van der Waals surface area (Å²) in [6.07, 6.45) is 3.83. The minimum atomic E-state index is 0.0741. The van der Waals surface area contributed by atoms with Crippen LogP contribution >= 0.6 is 0 Å². The van der Waals surface area contributed by atoms with Gasteiger partial charge in [-0.05, 0) is 31.0 Å². The molecule has 1 atom stereocenters. The molecule has 0 saturated carbocycles. The summed E-state index contributed by atoms with van der Waals surface area (Å²) in [6.45, 7) is 1.49. The lowest BCUT2D eigenvalue weighted by atomic mass is 9.94. The van der Waals surface area contributed by atoms with Crippen LogP contribution in [0.1, 0.15) is 34.8 Å². The van der Waals surface area contributed by atoms with Crippen LogP contribution in [0.15, 0.2) is 72.9 Å². The minimum Gasteiger partial charge on any atom is -0.338 e. The van der Waals surface area contributed by atoms with Crippen LogP contribution in [0.5, 0.6) is 0 Å². The maximum Gasteiger partial charge on any atom is 0.254 e. The molecule has 2 aromatic carbocycles. The number of carbonyl (C=O) groups excluding carboxylic acids is 1. The Kier molecular flexibility index (Phi) is 4.56. The lowest BCUT2D eigenvalue weighted by Crippen LogP contribution is -2.39. The van der Waals surface area contributed by atoms with Crippen molar-refractivity contribution in [2.24, 2.45) is 0 Å². The number of pyridine rings is 1. The molecule has 1 aliphatic heterocycles. The summed E-state index contributed by atoms with van der Waals surface area (Å²) >= 11 is 0. The molecule has 144 valence electrons. The molecular weight excluding hydrogens is 360 g/mol. The maximum atomic E-state index is 13.6. The van der Waals surface area contributed by atoms with Gasteiger partial charge in [0, 0.05) is 41.8 Å². The molecule has 0 spiro atoms. The quantitative estimate of drug-likeness (QED) is 0.561. The van der Waals surface area contributed by atoms with Crippen molar-refractivity contribution >= 4 is 16.8 Å². The highest BCUT2D eigenvalue weighted by molar-refractivity contribution is 6.07. The van der Waals surface area contributed by atoms with Crippen molar-refractivity contribution in [3.63, 3.8) is 0 Å². The Morgan fingerprint density at radius 3 is 2.69 bits per heavy atom. The second kappa shape index (κ2) is 7.51. The Morgan fingerprint density at radius 1 is 1.03 bits per heavy atom. The number of rotatable bonds is 3. The molecule has 1 saturated heterocycles. The molecule has 3 heterocycles. The third kappa shape index (κ3) is 3.40. The third-order valence-corrected chi connectivity index (χ3v) is 5.69. The molecule has 0 aliphatic carbocycles. The number of likely N-dealkylation sites (tertiary alicyclic amines) is 1. The van der Waals surface area contributed by atoms with Crippen molar-refractivity contribution in [2.45, 2.75) is 18.8 Å². The average Bonchev–Trinajstić information content (AvgIpc) is 3.34. The smallest absolute Gasteiger partial charge is 0.254 e. The number of carbonyl (C=O) groups is 1. The Balaban J connectivity index is 1.54. The van der Waals surface area contributed by atoms with Crippen molar-refractivity contribution in [3.8, 4) is 11.3 Å². The van der Waals surface area contributed by atoms with Gasteiger partial charge in [-0.3, -0.25) is 9.89 Å². The summed E-state index contributed by atoms with van der Waals surface area (Å²) in [5, 5.41) is 8.05. The van der Waals surface area contributed by atoms with E-state index in [1.807, 2.05) is 71.6 Å². The number of fused-ring (bicyclic) bond motifs is 1. The van der Waals surface area contributed by atoms with Crippen LogP contribution in [0.2, 0.25) is 0 Å². The lowest BCUT2D eigenvalue weighted by molar-refractivity contribution is 0.0708. The number of H-pyrrole nitrogens is 1. The SMILES string of the molecule is O=C(c1cc(-c2ccccc2)nc2ccccc12)N1CCCC(c2ccn[nH]2)C1. The Hall–Kier alpha value is -3.47. The number of piperidine rings is 1. The van der Waals surface area contributed by atoms with Crippen molar-refractivity contribution in [1.29, 1.82) is 0 Å². The van der Waals surface area contributed by atoms with Gasteiger partial charge in [0.1, 0.15) is 0 Å². The molecule has 29 heavy (non-hydrogen) atoms. The number of aromatic nitrogens is 3. The molecule has 1 N–H and O–H groups in total. The largest absolute Gasteiger partial charge is 0.338 e. The standard InChI is InChI=1S/C24H22N4O/c29-24(28-14-6-9-18(16-28)21-12-13-25-27-21)20-15-23(17-7-2-1-3-8-17)26-22-11-5-4-10-19(20)22/h1-5,7-8,10-13,15,18H,6,9,14,16H2,(H,25,27). The predicted molar refractivity (Wildman–Crippen MR) is 114 cm³/mol. The van der Waals surface area contributed by atoms with Crippen LogP contribution in [0, 0.1) is 0 Å². The summed E-state index contributed by atoms with van der Waals surface area (Å²) < 4.78 is 0. The fourth-order valence-corrected chi connectivity index (χ4v) is 4.19. The number of benzene rings is 2. The van der Waals surface area contributed by atoms with Crippen LogP contribution in [-0.4, -0.2) is 39.1 Å². The van der Waals surface area contributed by atoms with E-state index in [1.54, 1.807) is 6.20 Å². The second-order valence-electron chi connectivity index (χ2n) is 7.54. The number of nitrogens with zero attached hydrogens (tertiary/aromatic N) is 3. The fourth-order valence-electron chi connectivity index (χ4n) is 4.19. The maximum absolute atomic E-state index is 13.6. The molecule has 0 radical (unpaired) electrons. The minimum absolute atomic E-state index is 0.0741. The van der Waals surface area contributed by atoms with Crippen molar-refractivity contribution in [3.05, 3.63) is 84.2 Å². The van der Waals surface area contributed by atoms with Crippen molar-refractivity contribution < 1.29 is 4.79 Å². The normalized spacial score (nSPS) is 16.8. The molecule has 1 fully saturated rings. The van der Waals surface area contributed by atoms with Gasteiger partial charge in [0.15, 0.2) is 0 Å². The molecule has 1 amide bonds. The van der Waals surface area contributed by atoms with Gasteiger partial charge in [0.25, 0.3) is 5.91 Å². The van der Waals surface area contributed by atoms with Crippen LogP contribution in [0.3, 0.4) is 0 Å². The van der Waals surface area contributed by atoms with Gasteiger partial charge in [-0.25, -0.2) is 4.98 Å². The van der Waals surface area contributed by atoms with E-state index in [9.17, 15) is 4.79 Å². The van der Waals surface area contributed by atoms with Crippen LogP contribution in [-0.2, 0) is 0 Å². The van der Waals surface area contributed by atoms with Gasteiger partial charge >= 0.3 is 0 Å². The number of para-hydroxylation sites is 1. The van der Waals surface area contributed by atoms with E-state index in [2.05, 4.69) is 10.2 Å². The average molecular weight is 382 g/mol. The van der Waals surface area contributed by atoms with E-state index in [4.69, 9.17) is 4.98 Å². The van der Waals surface area contributed by atoms with E-state index in [0.29, 0.717) is 12.5 Å². The highest BCUT2D eigenvalue weighted by atomic mass is 16.2.